The molecule has 0 saturated carbocycles. The fourth-order valence-corrected chi connectivity index (χ4v) is 1.25. The van der Waals surface area contributed by atoms with Gasteiger partial charge in [0.05, 0.1) is 6.40 Å². The lowest BCUT2D eigenvalue weighted by Crippen LogP contribution is -2.07. The van der Waals surface area contributed by atoms with Crippen molar-refractivity contribution in [2.24, 2.45) is 0 Å². The quantitative estimate of drug-likeness (QED) is 0.487. The number of esters is 1. The smallest absolute Gasteiger partial charge is 0.312 e. The number of rotatable bonds is 3. The number of alkyl halides is 1. The van der Waals surface area contributed by atoms with Crippen LogP contribution < -0.4 is 4.74 Å². The monoisotopic (exact) mass is 307 g/mol. The Morgan fingerprint density at radius 3 is 2.62 bits per heavy atom. The molecule has 0 aliphatic rings. The summed E-state index contributed by atoms with van der Waals surface area (Å²) in [6.45, 7) is 0. The van der Waals surface area contributed by atoms with Crippen LogP contribution in [0.2, 0.25) is 0 Å². The molecule has 0 fully saturated rings. The molecule has 0 radical (unpaired) electrons. The Bertz CT molecular complexity index is 313. The number of carbonyl (C=O) groups excluding carboxylic acids is 1. The van der Waals surface area contributed by atoms with Gasteiger partial charge in [-0.2, -0.15) is 0 Å². The lowest BCUT2D eigenvalue weighted by Gasteiger charge is -2.02. The Labute approximate surface area is 94.9 Å². The van der Waals surface area contributed by atoms with Gasteiger partial charge in [-0.15, -0.1) is 0 Å². The van der Waals surface area contributed by atoms with E-state index in [4.69, 9.17) is 6.11 Å². The second kappa shape index (κ2) is 5.40. The number of carbonyl (C=O) groups is 1. The van der Waals surface area contributed by atoms with Gasteiger partial charge in [-0.3, -0.25) is 4.79 Å². The van der Waals surface area contributed by atoms with Crippen LogP contribution in [0.15, 0.2) is 28.7 Å². The summed E-state index contributed by atoms with van der Waals surface area (Å²) in [5.74, 6) is -0.0967. The molecule has 1 rings (SSSR count). The molecule has 13 heavy (non-hydrogen) atoms. The zero-order chi connectivity index (χ0) is 10.6. The van der Waals surface area contributed by atoms with Crippen LogP contribution in [-0.2, 0) is 4.79 Å². The molecule has 1 unspecified atom stereocenters. The first kappa shape index (κ1) is 9.21. The van der Waals surface area contributed by atoms with Crippen molar-refractivity contribution in [2.45, 2.75) is 6.40 Å². The summed E-state index contributed by atoms with van der Waals surface area (Å²) in [5.41, 5.74) is 0. The standard InChI is InChI=1S/C9H8Br2O2/c10-6-5-9(12)13-8-3-1-7(11)2-4-8/h1-4H,5-6H2/i5D. The Morgan fingerprint density at radius 2 is 2.08 bits per heavy atom. The molecule has 1 atom stereocenters. The van der Waals surface area contributed by atoms with Crippen LogP contribution in [0.1, 0.15) is 7.77 Å². The summed E-state index contributed by atoms with van der Waals surface area (Å²) >= 11 is 6.31. The van der Waals surface area contributed by atoms with Crippen LogP contribution in [0, 0.1) is 0 Å². The second-order valence-electron chi connectivity index (χ2n) is 2.23. The normalized spacial score (nSPS) is 13.2. The highest BCUT2D eigenvalue weighted by Crippen LogP contribution is 2.16. The lowest BCUT2D eigenvalue weighted by atomic mass is 10.3. The molecule has 0 amide bonds. The first-order valence-corrected chi connectivity index (χ1v) is 5.50. The molecule has 2 nitrogen and oxygen atoms in total. The van der Waals surface area contributed by atoms with Gasteiger partial charge in [-0.25, -0.2) is 0 Å². The molecule has 0 aliphatic carbocycles. The van der Waals surface area contributed by atoms with E-state index in [-0.39, 0.29) is 5.33 Å². The van der Waals surface area contributed by atoms with Crippen LogP contribution in [0.25, 0.3) is 0 Å². The number of hydrogen-bond acceptors (Lipinski definition) is 2. The summed E-state index contributed by atoms with van der Waals surface area (Å²) in [6, 6.07) is 6.89. The molecule has 70 valence electrons. The molecular formula is C9H8Br2O2. The molecular weight excluding hydrogens is 300 g/mol. The van der Waals surface area contributed by atoms with E-state index in [2.05, 4.69) is 31.9 Å². The predicted octanol–water partition coefficient (Wildman–Crippen LogP) is 3.14. The van der Waals surface area contributed by atoms with Crippen LogP contribution in [-0.4, -0.2) is 11.3 Å². The maximum absolute atomic E-state index is 11.2. The van der Waals surface area contributed by atoms with Gasteiger partial charge in [0, 0.05) is 11.2 Å². The van der Waals surface area contributed by atoms with E-state index >= 15 is 0 Å². The van der Waals surface area contributed by atoms with Gasteiger partial charge >= 0.3 is 5.97 Å². The third-order valence-electron chi connectivity index (χ3n) is 1.28. The van der Waals surface area contributed by atoms with E-state index < -0.39 is 12.4 Å². The largest absolute Gasteiger partial charge is 0.427 e. The SMILES string of the molecule is [2H]C(CBr)C(=O)Oc1ccc(Br)cc1. The molecule has 0 bridgehead atoms. The van der Waals surface area contributed by atoms with Crippen molar-refractivity contribution in [1.29, 1.82) is 0 Å². The van der Waals surface area contributed by atoms with Crippen molar-refractivity contribution in [2.75, 3.05) is 5.33 Å². The summed E-state index contributed by atoms with van der Waals surface area (Å²) in [4.78, 5) is 11.2. The Kier molecular flexibility index (Phi) is 3.82. The van der Waals surface area contributed by atoms with Crippen molar-refractivity contribution >= 4 is 37.8 Å². The minimum absolute atomic E-state index is 0.280. The molecule has 0 aromatic heterocycles. The van der Waals surface area contributed by atoms with E-state index in [1.165, 1.54) is 0 Å². The highest BCUT2D eigenvalue weighted by atomic mass is 79.9. The van der Waals surface area contributed by atoms with Crippen molar-refractivity contribution in [3.8, 4) is 5.75 Å². The second-order valence-corrected chi connectivity index (χ2v) is 3.80. The summed E-state index contributed by atoms with van der Waals surface area (Å²) in [5, 5.41) is 0.280. The zero-order valence-corrected chi connectivity index (χ0v) is 9.84. The topological polar surface area (TPSA) is 26.3 Å². The van der Waals surface area contributed by atoms with E-state index in [1.54, 1.807) is 24.3 Å². The van der Waals surface area contributed by atoms with E-state index in [1.807, 2.05) is 0 Å². The Morgan fingerprint density at radius 1 is 1.46 bits per heavy atom. The fourth-order valence-electron chi connectivity index (χ4n) is 0.723. The summed E-state index contributed by atoms with van der Waals surface area (Å²) < 4.78 is 13.1. The van der Waals surface area contributed by atoms with Gasteiger partial charge in [0.25, 0.3) is 0 Å². The van der Waals surface area contributed by atoms with Gasteiger partial charge in [-0.05, 0) is 24.3 Å². The van der Waals surface area contributed by atoms with Crippen molar-refractivity contribution in [3.63, 3.8) is 0 Å². The first-order chi connectivity index (χ1) is 6.63. The Hall–Kier alpha value is -0.350. The Balaban J connectivity index is 2.60. The van der Waals surface area contributed by atoms with Crippen molar-refractivity contribution < 1.29 is 10.9 Å². The molecule has 0 heterocycles. The number of hydrogen-bond donors (Lipinski definition) is 0. The van der Waals surface area contributed by atoms with Gasteiger partial charge in [0.2, 0.25) is 0 Å². The fraction of sp³-hybridized carbons (Fsp3) is 0.222. The maximum atomic E-state index is 11.2. The molecule has 0 N–H and O–H groups in total. The van der Waals surface area contributed by atoms with E-state index in [0.29, 0.717) is 5.75 Å². The molecule has 0 saturated heterocycles. The molecule has 1 aromatic carbocycles. The highest BCUT2D eigenvalue weighted by molar-refractivity contribution is 9.10. The molecule has 1 aromatic rings. The van der Waals surface area contributed by atoms with Crippen LogP contribution in [0.4, 0.5) is 0 Å². The van der Waals surface area contributed by atoms with Crippen LogP contribution in [0.3, 0.4) is 0 Å². The molecule has 0 aliphatic heterocycles. The third kappa shape index (κ3) is 3.91. The van der Waals surface area contributed by atoms with Crippen molar-refractivity contribution in [3.05, 3.63) is 28.7 Å². The lowest BCUT2D eigenvalue weighted by molar-refractivity contribution is -0.133. The van der Waals surface area contributed by atoms with Crippen molar-refractivity contribution in [1.82, 2.24) is 0 Å². The van der Waals surface area contributed by atoms with Crippen LogP contribution in [0.5, 0.6) is 5.75 Å². The van der Waals surface area contributed by atoms with Crippen LogP contribution >= 0.6 is 31.9 Å². The predicted molar refractivity (Wildman–Crippen MR) is 58.2 cm³/mol. The minimum Gasteiger partial charge on any atom is -0.427 e. The summed E-state index contributed by atoms with van der Waals surface area (Å²) in [7, 11) is 0. The number of ether oxygens (including phenoxy) is 1. The molecule has 4 heteroatoms. The maximum Gasteiger partial charge on any atom is 0.312 e. The minimum atomic E-state index is -0.876. The average molecular weight is 309 g/mol. The van der Waals surface area contributed by atoms with Gasteiger partial charge < -0.3 is 4.74 Å². The van der Waals surface area contributed by atoms with Gasteiger partial charge in [0.15, 0.2) is 0 Å². The zero-order valence-electron chi connectivity index (χ0n) is 7.67. The van der Waals surface area contributed by atoms with Gasteiger partial charge in [-0.1, -0.05) is 31.9 Å². The highest BCUT2D eigenvalue weighted by Gasteiger charge is 2.02. The average Bonchev–Trinajstić information content (AvgIpc) is 2.20. The summed E-state index contributed by atoms with van der Waals surface area (Å²) in [6.07, 6.45) is -0.876. The first-order valence-electron chi connectivity index (χ1n) is 4.16. The third-order valence-corrected chi connectivity index (χ3v) is 2.13. The van der Waals surface area contributed by atoms with E-state index in [0.717, 1.165) is 4.47 Å². The number of benzene rings is 1. The molecule has 0 spiro atoms. The van der Waals surface area contributed by atoms with Gasteiger partial charge in [0.1, 0.15) is 5.75 Å². The van der Waals surface area contributed by atoms with E-state index in [9.17, 15) is 4.79 Å². The number of halogens is 2.